The molecule has 1 aliphatic heterocycles. The third-order valence-corrected chi connectivity index (χ3v) is 4.88. The second kappa shape index (κ2) is 8.66. The second-order valence-corrected chi connectivity index (χ2v) is 6.77. The average Bonchev–Trinajstić information content (AvgIpc) is 3.34. The van der Waals surface area contributed by atoms with Gasteiger partial charge >= 0.3 is 11.8 Å². The van der Waals surface area contributed by atoms with E-state index in [0.717, 1.165) is 31.6 Å². The zero-order valence-corrected chi connectivity index (χ0v) is 15.6. The molecule has 2 aromatic rings. The Morgan fingerprint density at radius 2 is 1.93 bits per heavy atom. The summed E-state index contributed by atoms with van der Waals surface area (Å²) in [5.74, 6) is -1.63. The normalized spacial score (nSPS) is 15.2. The van der Waals surface area contributed by atoms with Crippen LogP contribution in [-0.2, 0) is 16.6 Å². The first-order chi connectivity index (χ1) is 13.5. The molecule has 3 rings (SSSR count). The van der Waals surface area contributed by atoms with E-state index in [9.17, 15) is 19.7 Å². The molecule has 1 fully saturated rings. The molecule has 28 heavy (non-hydrogen) atoms. The number of carbonyl (C=O) groups is 2. The van der Waals surface area contributed by atoms with E-state index in [1.807, 2.05) is 29.9 Å². The summed E-state index contributed by atoms with van der Waals surface area (Å²) in [4.78, 5) is 37.0. The molecule has 9 heteroatoms. The van der Waals surface area contributed by atoms with Crippen molar-refractivity contribution < 1.29 is 14.5 Å². The van der Waals surface area contributed by atoms with E-state index in [0.29, 0.717) is 6.54 Å². The standard InChI is InChI=1S/C19H23N5O4/c1-22-9-5-8-16(22)17(23-10-2-3-11-23)13-20-18(25)19(26)21-14-6-4-7-15(12-14)24(27)28/h4-9,12,17H,2-3,10-11,13H2,1H3,(H,20,25)(H,21,26). The summed E-state index contributed by atoms with van der Waals surface area (Å²) in [5, 5.41) is 15.9. The van der Waals surface area contributed by atoms with Crippen LogP contribution >= 0.6 is 0 Å². The van der Waals surface area contributed by atoms with Crippen molar-refractivity contribution in [3.05, 3.63) is 58.4 Å². The zero-order valence-electron chi connectivity index (χ0n) is 15.6. The predicted octanol–water partition coefficient (Wildman–Crippen LogP) is 1.83. The van der Waals surface area contributed by atoms with Gasteiger partial charge in [0.15, 0.2) is 0 Å². The fraction of sp³-hybridized carbons (Fsp3) is 0.368. The molecule has 1 atom stereocenters. The van der Waals surface area contributed by atoms with Crippen LogP contribution in [0, 0.1) is 10.1 Å². The number of aryl methyl sites for hydroxylation is 1. The number of nitrogens with zero attached hydrogens (tertiary/aromatic N) is 3. The molecule has 1 unspecified atom stereocenters. The molecule has 2 N–H and O–H groups in total. The maximum atomic E-state index is 12.3. The number of nitrogens with one attached hydrogen (secondary N) is 2. The number of hydrogen-bond donors (Lipinski definition) is 2. The molecule has 9 nitrogen and oxygen atoms in total. The van der Waals surface area contributed by atoms with E-state index in [2.05, 4.69) is 15.5 Å². The molecular weight excluding hydrogens is 362 g/mol. The molecule has 0 spiro atoms. The largest absolute Gasteiger partial charge is 0.353 e. The average molecular weight is 385 g/mol. The van der Waals surface area contributed by atoms with E-state index >= 15 is 0 Å². The molecular formula is C19H23N5O4. The summed E-state index contributed by atoms with van der Waals surface area (Å²) in [6.07, 6.45) is 4.18. The quantitative estimate of drug-likeness (QED) is 0.448. The summed E-state index contributed by atoms with van der Waals surface area (Å²) >= 11 is 0. The van der Waals surface area contributed by atoms with Crippen molar-refractivity contribution in [1.82, 2.24) is 14.8 Å². The van der Waals surface area contributed by atoms with Gasteiger partial charge in [0.05, 0.1) is 11.0 Å². The minimum absolute atomic E-state index is 0.0166. The summed E-state index contributed by atoms with van der Waals surface area (Å²) < 4.78 is 2.01. The number of anilines is 1. The lowest BCUT2D eigenvalue weighted by Gasteiger charge is -2.28. The van der Waals surface area contributed by atoms with Crippen LogP contribution in [0.3, 0.4) is 0 Å². The molecule has 2 amide bonds. The SMILES string of the molecule is Cn1cccc1C(CNC(=O)C(=O)Nc1cccc([N+](=O)[O-])c1)N1CCCC1. The van der Waals surface area contributed by atoms with Crippen LogP contribution in [0.1, 0.15) is 24.6 Å². The second-order valence-electron chi connectivity index (χ2n) is 6.77. The van der Waals surface area contributed by atoms with Gasteiger partial charge in [-0.2, -0.15) is 0 Å². The molecule has 0 bridgehead atoms. The van der Waals surface area contributed by atoms with Crippen molar-refractivity contribution in [2.45, 2.75) is 18.9 Å². The molecule has 1 aromatic carbocycles. The van der Waals surface area contributed by atoms with Crippen LogP contribution in [0.2, 0.25) is 0 Å². The summed E-state index contributed by atoms with van der Waals surface area (Å²) in [6, 6.07) is 9.42. The third kappa shape index (κ3) is 4.55. The number of nitro groups is 1. The summed E-state index contributed by atoms with van der Waals surface area (Å²) in [6.45, 7) is 2.20. The first-order valence-corrected chi connectivity index (χ1v) is 9.14. The van der Waals surface area contributed by atoms with E-state index in [1.165, 1.54) is 24.3 Å². The maximum absolute atomic E-state index is 12.3. The number of nitro benzene ring substituents is 1. The van der Waals surface area contributed by atoms with Gasteiger partial charge in [0.25, 0.3) is 5.69 Å². The predicted molar refractivity (Wildman–Crippen MR) is 104 cm³/mol. The van der Waals surface area contributed by atoms with Gasteiger partial charge in [-0.1, -0.05) is 6.07 Å². The molecule has 148 valence electrons. The van der Waals surface area contributed by atoms with Gasteiger partial charge in [0, 0.05) is 43.3 Å². The Bertz CT molecular complexity index is 873. The Hall–Kier alpha value is -3.20. The third-order valence-electron chi connectivity index (χ3n) is 4.88. The van der Waals surface area contributed by atoms with Gasteiger partial charge in [0.1, 0.15) is 0 Å². The first kappa shape index (κ1) is 19.6. The van der Waals surface area contributed by atoms with E-state index < -0.39 is 16.7 Å². The van der Waals surface area contributed by atoms with Gasteiger partial charge < -0.3 is 15.2 Å². The topological polar surface area (TPSA) is 110 Å². The van der Waals surface area contributed by atoms with Gasteiger partial charge in [-0.05, 0) is 44.1 Å². The van der Waals surface area contributed by atoms with Crippen molar-refractivity contribution in [1.29, 1.82) is 0 Å². The number of carbonyl (C=O) groups excluding carboxylic acids is 2. The van der Waals surface area contributed by atoms with Crippen LogP contribution in [-0.4, -0.2) is 45.8 Å². The van der Waals surface area contributed by atoms with Crippen molar-refractivity contribution in [2.24, 2.45) is 7.05 Å². The Morgan fingerprint density at radius 3 is 2.57 bits per heavy atom. The lowest BCUT2D eigenvalue weighted by atomic mass is 10.1. The van der Waals surface area contributed by atoms with Crippen molar-refractivity contribution in [2.75, 3.05) is 25.0 Å². The number of likely N-dealkylation sites (tertiary alicyclic amines) is 1. The van der Waals surface area contributed by atoms with Crippen molar-refractivity contribution in [3.63, 3.8) is 0 Å². The zero-order chi connectivity index (χ0) is 20.1. The number of hydrogen-bond acceptors (Lipinski definition) is 5. The molecule has 1 saturated heterocycles. The van der Waals surface area contributed by atoms with Gasteiger partial charge in [-0.15, -0.1) is 0 Å². The highest BCUT2D eigenvalue weighted by atomic mass is 16.6. The van der Waals surface area contributed by atoms with Crippen molar-refractivity contribution >= 4 is 23.2 Å². The lowest BCUT2D eigenvalue weighted by Crippen LogP contribution is -2.41. The number of rotatable bonds is 6. The minimum Gasteiger partial charge on any atom is -0.353 e. The monoisotopic (exact) mass is 385 g/mol. The Morgan fingerprint density at radius 1 is 1.18 bits per heavy atom. The van der Waals surface area contributed by atoms with E-state index in [-0.39, 0.29) is 17.4 Å². The molecule has 1 aromatic heterocycles. The first-order valence-electron chi connectivity index (χ1n) is 9.14. The van der Waals surface area contributed by atoms with Gasteiger partial charge in [-0.25, -0.2) is 0 Å². The molecule has 0 radical (unpaired) electrons. The van der Waals surface area contributed by atoms with Gasteiger partial charge in [-0.3, -0.25) is 24.6 Å². The fourth-order valence-corrected chi connectivity index (χ4v) is 3.45. The maximum Gasteiger partial charge on any atom is 0.313 e. The number of aromatic nitrogens is 1. The van der Waals surface area contributed by atoms with Crippen LogP contribution < -0.4 is 10.6 Å². The highest BCUT2D eigenvalue weighted by molar-refractivity contribution is 6.39. The van der Waals surface area contributed by atoms with Gasteiger partial charge in [0.2, 0.25) is 0 Å². The fourth-order valence-electron chi connectivity index (χ4n) is 3.45. The van der Waals surface area contributed by atoms with E-state index in [1.54, 1.807) is 0 Å². The number of benzene rings is 1. The number of non-ortho nitro benzene ring substituents is 1. The Labute approximate surface area is 162 Å². The lowest BCUT2D eigenvalue weighted by molar-refractivity contribution is -0.384. The van der Waals surface area contributed by atoms with E-state index in [4.69, 9.17) is 0 Å². The highest BCUT2D eigenvalue weighted by Gasteiger charge is 2.26. The minimum atomic E-state index is -0.854. The number of amides is 2. The van der Waals surface area contributed by atoms with Crippen LogP contribution in [0.15, 0.2) is 42.6 Å². The molecule has 0 aliphatic carbocycles. The Kier molecular flexibility index (Phi) is 6.05. The van der Waals surface area contributed by atoms with Crippen LogP contribution in [0.5, 0.6) is 0 Å². The van der Waals surface area contributed by atoms with Crippen LogP contribution in [0.4, 0.5) is 11.4 Å². The Balaban J connectivity index is 1.62. The van der Waals surface area contributed by atoms with Crippen LogP contribution in [0.25, 0.3) is 0 Å². The summed E-state index contributed by atoms with van der Waals surface area (Å²) in [7, 11) is 1.95. The molecule has 1 aliphatic rings. The molecule has 0 saturated carbocycles. The van der Waals surface area contributed by atoms with Crippen molar-refractivity contribution in [3.8, 4) is 0 Å². The highest BCUT2D eigenvalue weighted by Crippen LogP contribution is 2.24. The smallest absolute Gasteiger partial charge is 0.313 e. The molecule has 2 heterocycles. The summed E-state index contributed by atoms with van der Waals surface area (Å²) in [5.41, 5.74) is 1.12.